The molecule has 1 aliphatic rings. The van der Waals surface area contributed by atoms with Crippen LogP contribution in [0, 0.1) is 23.7 Å². The largest absolute Gasteiger partial charge is 0.413 e. The molecule has 1 heterocycles. The van der Waals surface area contributed by atoms with Crippen molar-refractivity contribution in [3.63, 3.8) is 0 Å². The minimum Gasteiger partial charge on any atom is -0.413 e. The number of benzene rings is 1. The lowest BCUT2D eigenvalue weighted by molar-refractivity contribution is -0.340. The first-order valence-corrected chi connectivity index (χ1v) is 17.9. The van der Waals surface area contributed by atoms with Crippen LogP contribution in [0.25, 0.3) is 0 Å². The van der Waals surface area contributed by atoms with E-state index in [0.717, 1.165) is 6.42 Å². The Morgan fingerprint density at radius 3 is 2.23 bits per heavy atom. The molecule has 0 aromatic heterocycles. The maximum absolute atomic E-state index is 11.2. The van der Waals surface area contributed by atoms with E-state index in [-0.39, 0.29) is 47.0 Å². The van der Waals surface area contributed by atoms with Crippen LogP contribution in [0.4, 0.5) is 0 Å². The Bertz CT molecular complexity index is 865. The van der Waals surface area contributed by atoms with Crippen molar-refractivity contribution in [3.8, 4) is 0 Å². The molecule has 1 saturated heterocycles. The van der Waals surface area contributed by atoms with Gasteiger partial charge in [-0.3, -0.25) is 0 Å². The molecule has 0 unspecified atom stereocenters. The highest BCUT2D eigenvalue weighted by molar-refractivity contribution is 6.74. The van der Waals surface area contributed by atoms with Gasteiger partial charge >= 0.3 is 0 Å². The van der Waals surface area contributed by atoms with Crippen molar-refractivity contribution in [2.75, 3.05) is 6.61 Å². The van der Waals surface area contributed by atoms with Crippen molar-refractivity contribution in [1.29, 1.82) is 0 Å². The number of hydrogen-bond acceptors (Lipinski definition) is 5. The van der Waals surface area contributed by atoms with E-state index in [1.54, 1.807) is 0 Å². The van der Waals surface area contributed by atoms with Gasteiger partial charge in [-0.15, -0.1) is 6.58 Å². The molecule has 0 bridgehead atoms. The van der Waals surface area contributed by atoms with Crippen molar-refractivity contribution in [3.05, 3.63) is 48.6 Å². The maximum Gasteiger partial charge on any atom is 0.192 e. The van der Waals surface area contributed by atoms with Gasteiger partial charge in [-0.05, 0) is 50.4 Å². The average molecular weight is 563 g/mol. The molecule has 39 heavy (non-hydrogen) atoms. The summed E-state index contributed by atoms with van der Waals surface area (Å²) in [6.45, 7) is 29.3. The fraction of sp³-hybridized carbons (Fsp3) is 0.758. The molecule has 5 nitrogen and oxygen atoms in total. The number of allylic oxidation sites excluding steroid dienone is 1. The zero-order chi connectivity index (χ0) is 29.6. The SMILES string of the molecule is C=CCC[C@H](O)[C@@H](C)[C@@H](O[Si](C)(C)C(C)(C)C)[C@H](C)[C@@H]1OC(C)(C)O[C@@H]([C@@H](C)COCc2ccccc2)[C@H]1C. The van der Waals surface area contributed by atoms with Crippen LogP contribution in [0.3, 0.4) is 0 Å². The molecule has 0 amide bonds. The van der Waals surface area contributed by atoms with Gasteiger partial charge in [-0.1, -0.05) is 84.9 Å². The van der Waals surface area contributed by atoms with E-state index in [2.05, 4.69) is 80.3 Å². The third-order valence-corrected chi connectivity index (χ3v) is 13.5. The van der Waals surface area contributed by atoms with E-state index in [1.165, 1.54) is 5.56 Å². The summed E-state index contributed by atoms with van der Waals surface area (Å²) in [5, 5.41) is 11.2. The van der Waals surface area contributed by atoms with Crippen LogP contribution in [-0.2, 0) is 25.2 Å². The lowest BCUT2D eigenvalue weighted by Crippen LogP contribution is -2.58. The summed E-state index contributed by atoms with van der Waals surface area (Å²) in [4.78, 5) is 0. The minimum absolute atomic E-state index is 0.0218. The summed E-state index contributed by atoms with van der Waals surface area (Å²) in [6, 6.07) is 10.3. The topological polar surface area (TPSA) is 57.2 Å². The molecule has 0 spiro atoms. The van der Waals surface area contributed by atoms with Crippen LogP contribution >= 0.6 is 0 Å². The molecule has 224 valence electrons. The molecule has 1 aliphatic heterocycles. The van der Waals surface area contributed by atoms with Gasteiger partial charge in [0.15, 0.2) is 14.1 Å². The van der Waals surface area contributed by atoms with Crippen molar-refractivity contribution < 1.29 is 23.7 Å². The maximum atomic E-state index is 11.2. The minimum atomic E-state index is -2.12. The first kappa shape index (κ1) is 34.2. The number of aliphatic hydroxyl groups excluding tert-OH is 1. The smallest absolute Gasteiger partial charge is 0.192 e. The standard InChI is InChI=1S/C33H58O5Si/c1-13-14-20-28(34)24(3)31(38-39(11,12)32(6,7)8)26(5)30-25(4)29(36-33(9,10)37-30)23(2)21-35-22-27-18-16-15-17-19-27/h13,15-19,23-26,28-31,34H,1,14,20-22H2,2-12H3/t23-,24+,25+,26+,28-,29-,30+,31+/m0/s1. The van der Waals surface area contributed by atoms with Crippen LogP contribution in [0.1, 0.15) is 80.7 Å². The first-order chi connectivity index (χ1) is 18.0. The second-order valence-electron chi connectivity index (χ2n) is 13.9. The van der Waals surface area contributed by atoms with Crippen LogP contribution < -0.4 is 0 Å². The lowest BCUT2D eigenvalue weighted by Gasteiger charge is -2.52. The normalized spacial score (nSPS) is 25.9. The molecular weight excluding hydrogens is 504 g/mol. The van der Waals surface area contributed by atoms with E-state index >= 15 is 0 Å². The molecule has 1 aromatic rings. The van der Waals surface area contributed by atoms with E-state index in [9.17, 15) is 5.11 Å². The van der Waals surface area contributed by atoms with Gasteiger partial charge in [-0.25, -0.2) is 0 Å². The summed E-state index contributed by atoms with van der Waals surface area (Å²) in [7, 11) is -2.12. The molecule has 0 aliphatic carbocycles. The third kappa shape index (κ3) is 9.51. The van der Waals surface area contributed by atoms with E-state index in [0.29, 0.717) is 19.6 Å². The predicted molar refractivity (Wildman–Crippen MR) is 164 cm³/mol. The van der Waals surface area contributed by atoms with Gasteiger partial charge in [0.25, 0.3) is 0 Å². The molecule has 2 rings (SSSR count). The van der Waals surface area contributed by atoms with Crippen LogP contribution in [0.2, 0.25) is 18.1 Å². The molecular formula is C33H58O5Si. The molecule has 8 atom stereocenters. The second-order valence-corrected chi connectivity index (χ2v) is 18.7. The Hall–Kier alpha value is -1.02. The third-order valence-electron chi connectivity index (χ3n) is 8.99. The Balaban J connectivity index is 2.27. The van der Waals surface area contributed by atoms with Gasteiger partial charge in [0.2, 0.25) is 0 Å². The Kier molecular flexibility index (Phi) is 12.5. The van der Waals surface area contributed by atoms with Crippen molar-refractivity contribution >= 4 is 8.32 Å². The fourth-order valence-corrected chi connectivity index (χ4v) is 6.97. The highest BCUT2D eigenvalue weighted by Crippen LogP contribution is 2.44. The number of ether oxygens (including phenoxy) is 3. The molecule has 0 radical (unpaired) electrons. The average Bonchev–Trinajstić information content (AvgIpc) is 2.86. The quantitative estimate of drug-likeness (QED) is 0.184. The Morgan fingerprint density at radius 1 is 1.08 bits per heavy atom. The molecule has 1 aromatic carbocycles. The van der Waals surface area contributed by atoms with E-state index < -0.39 is 20.2 Å². The van der Waals surface area contributed by atoms with Gasteiger partial charge < -0.3 is 23.7 Å². The molecule has 0 saturated carbocycles. The van der Waals surface area contributed by atoms with Crippen LogP contribution in [0.5, 0.6) is 0 Å². The number of aliphatic hydroxyl groups is 1. The Morgan fingerprint density at radius 2 is 1.67 bits per heavy atom. The van der Waals surface area contributed by atoms with Crippen molar-refractivity contribution in [2.45, 2.75) is 130 Å². The fourth-order valence-electron chi connectivity index (χ4n) is 5.50. The summed E-state index contributed by atoms with van der Waals surface area (Å²) in [6.07, 6.45) is 2.63. The second kappa shape index (κ2) is 14.2. The number of hydrogen-bond donors (Lipinski definition) is 1. The monoisotopic (exact) mass is 562 g/mol. The van der Waals surface area contributed by atoms with E-state index in [4.69, 9.17) is 18.6 Å². The van der Waals surface area contributed by atoms with E-state index in [1.807, 2.05) is 38.1 Å². The highest BCUT2D eigenvalue weighted by atomic mass is 28.4. The summed E-state index contributed by atoms with van der Waals surface area (Å²) >= 11 is 0. The van der Waals surface area contributed by atoms with Gasteiger partial charge in [0.1, 0.15) is 0 Å². The summed E-state index contributed by atoms with van der Waals surface area (Å²) in [5.74, 6) is -0.384. The predicted octanol–water partition coefficient (Wildman–Crippen LogP) is 7.99. The van der Waals surface area contributed by atoms with Crippen LogP contribution in [0.15, 0.2) is 43.0 Å². The zero-order valence-corrected chi connectivity index (χ0v) is 27.7. The molecule has 1 N–H and O–H groups in total. The Labute approximate surface area is 240 Å². The lowest BCUT2D eigenvalue weighted by atomic mass is 9.77. The zero-order valence-electron chi connectivity index (χ0n) is 26.7. The van der Waals surface area contributed by atoms with Gasteiger partial charge in [0, 0.05) is 23.7 Å². The highest BCUT2D eigenvalue weighted by Gasteiger charge is 2.50. The van der Waals surface area contributed by atoms with Gasteiger partial charge in [0.05, 0.1) is 37.6 Å². The molecule has 1 fully saturated rings. The van der Waals surface area contributed by atoms with Crippen molar-refractivity contribution in [1.82, 2.24) is 0 Å². The van der Waals surface area contributed by atoms with Crippen LogP contribution in [-0.4, -0.2) is 50.2 Å². The van der Waals surface area contributed by atoms with Gasteiger partial charge in [-0.2, -0.15) is 0 Å². The summed E-state index contributed by atoms with van der Waals surface area (Å²) < 4.78 is 26.4. The summed E-state index contributed by atoms with van der Waals surface area (Å²) in [5.41, 5.74) is 1.17. The van der Waals surface area contributed by atoms with Crippen molar-refractivity contribution in [2.24, 2.45) is 23.7 Å². The number of rotatable bonds is 14. The molecule has 6 heteroatoms. The first-order valence-electron chi connectivity index (χ1n) is 14.9.